The molecule has 0 spiro atoms. The third-order valence-corrected chi connectivity index (χ3v) is 4.11. The minimum atomic E-state index is -0.480. The van der Waals surface area contributed by atoms with E-state index in [0.717, 1.165) is 16.8 Å². The van der Waals surface area contributed by atoms with Gasteiger partial charge in [0.25, 0.3) is 0 Å². The lowest BCUT2D eigenvalue weighted by atomic mass is 10.1. The van der Waals surface area contributed by atoms with E-state index >= 15 is 0 Å². The van der Waals surface area contributed by atoms with Crippen molar-refractivity contribution in [3.63, 3.8) is 0 Å². The first kappa shape index (κ1) is 17.2. The van der Waals surface area contributed by atoms with E-state index in [1.807, 2.05) is 60.7 Å². The van der Waals surface area contributed by atoms with Crippen molar-refractivity contribution in [1.82, 2.24) is 20.3 Å². The van der Waals surface area contributed by atoms with Gasteiger partial charge in [0.1, 0.15) is 11.7 Å². The Kier molecular flexibility index (Phi) is 5.80. The zero-order valence-electron chi connectivity index (χ0n) is 13.7. The standard InChI is InChI=1S/C19H19ClN4O/c20-12-11-18(19(25)21-13-15-7-3-1-4-8-15)24-14-17(22-23-24)16-9-5-2-6-10-16/h1-10,14,18H,11-13H2,(H,21,25). The van der Waals surface area contributed by atoms with Gasteiger partial charge in [-0.15, -0.1) is 16.7 Å². The van der Waals surface area contributed by atoms with Crippen LogP contribution in [0.25, 0.3) is 11.3 Å². The quantitative estimate of drug-likeness (QED) is 0.661. The van der Waals surface area contributed by atoms with Crippen molar-refractivity contribution in [1.29, 1.82) is 0 Å². The second-order valence-electron chi connectivity index (χ2n) is 5.65. The molecule has 0 bridgehead atoms. The molecular formula is C19H19ClN4O. The van der Waals surface area contributed by atoms with Crippen LogP contribution in [-0.2, 0) is 11.3 Å². The number of halogens is 1. The fourth-order valence-corrected chi connectivity index (χ4v) is 2.77. The van der Waals surface area contributed by atoms with Crippen LogP contribution in [0, 0.1) is 0 Å². The Morgan fingerprint density at radius 2 is 1.76 bits per heavy atom. The second kappa shape index (κ2) is 8.44. The van der Waals surface area contributed by atoms with E-state index in [4.69, 9.17) is 11.6 Å². The number of nitrogens with one attached hydrogen (secondary N) is 1. The molecule has 0 aliphatic rings. The first-order chi connectivity index (χ1) is 12.3. The monoisotopic (exact) mass is 354 g/mol. The first-order valence-corrected chi connectivity index (χ1v) is 8.66. The maximum Gasteiger partial charge on any atom is 0.245 e. The first-order valence-electron chi connectivity index (χ1n) is 8.13. The molecule has 6 heteroatoms. The number of amides is 1. The summed E-state index contributed by atoms with van der Waals surface area (Å²) in [4.78, 5) is 12.6. The van der Waals surface area contributed by atoms with Gasteiger partial charge in [0.15, 0.2) is 0 Å². The summed E-state index contributed by atoms with van der Waals surface area (Å²) in [5.41, 5.74) is 2.74. The van der Waals surface area contributed by atoms with Gasteiger partial charge in [-0.2, -0.15) is 0 Å². The van der Waals surface area contributed by atoms with E-state index in [9.17, 15) is 4.79 Å². The van der Waals surface area contributed by atoms with E-state index in [1.54, 1.807) is 10.9 Å². The topological polar surface area (TPSA) is 59.8 Å². The summed E-state index contributed by atoms with van der Waals surface area (Å²) >= 11 is 5.89. The third kappa shape index (κ3) is 4.45. The molecule has 0 aliphatic carbocycles. The number of aromatic nitrogens is 3. The lowest BCUT2D eigenvalue weighted by Gasteiger charge is -2.15. The van der Waals surface area contributed by atoms with Gasteiger partial charge in [-0.05, 0) is 12.0 Å². The van der Waals surface area contributed by atoms with Crippen molar-refractivity contribution in [2.45, 2.75) is 19.0 Å². The smallest absolute Gasteiger partial charge is 0.245 e. The van der Waals surface area contributed by atoms with Crippen molar-refractivity contribution in [3.05, 3.63) is 72.4 Å². The fourth-order valence-electron chi connectivity index (χ4n) is 2.56. The predicted molar refractivity (Wildman–Crippen MR) is 98.1 cm³/mol. The van der Waals surface area contributed by atoms with Gasteiger partial charge in [0, 0.05) is 18.0 Å². The number of hydrogen-bond acceptors (Lipinski definition) is 3. The van der Waals surface area contributed by atoms with Crippen molar-refractivity contribution in [3.8, 4) is 11.3 Å². The van der Waals surface area contributed by atoms with Gasteiger partial charge in [-0.25, -0.2) is 4.68 Å². The van der Waals surface area contributed by atoms with Crippen LogP contribution >= 0.6 is 11.6 Å². The van der Waals surface area contributed by atoms with Gasteiger partial charge >= 0.3 is 0 Å². The second-order valence-corrected chi connectivity index (χ2v) is 6.02. The lowest BCUT2D eigenvalue weighted by Crippen LogP contribution is -2.33. The van der Waals surface area contributed by atoms with Crippen LogP contribution in [0.1, 0.15) is 18.0 Å². The number of carbonyl (C=O) groups is 1. The van der Waals surface area contributed by atoms with Crippen LogP contribution in [0.4, 0.5) is 0 Å². The molecule has 0 saturated heterocycles. The summed E-state index contributed by atoms with van der Waals surface area (Å²) in [5.74, 6) is 0.248. The molecule has 0 fully saturated rings. The van der Waals surface area contributed by atoms with Crippen molar-refractivity contribution in [2.24, 2.45) is 0 Å². The molecule has 1 N–H and O–H groups in total. The highest BCUT2D eigenvalue weighted by molar-refractivity contribution is 6.18. The normalized spacial score (nSPS) is 11.9. The average molecular weight is 355 g/mol. The Balaban J connectivity index is 1.72. The highest BCUT2D eigenvalue weighted by Gasteiger charge is 2.21. The molecular weight excluding hydrogens is 336 g/mol. The van der Waals surface area contributed by atoms with Crippen LogP contribution in [0.15, 0.2) is 66.9 Å². The Bertz CT molecular complexity index is 805. The molecule has 1 amide bonds. The largest absolute Gasteiger partial charge is 0.350 e. The van der Waals surface area contributed by atoms with E-state index in [1.165, 1.54) is 0 Å². The number of carbonyl (C=O) groups excluding carboxylic acids is 1. The van der Waals surface area contributed by atoms with E-state index < -0.39 is 6.04 Å². The number of benzene rings is 2. The fraction of sp³-hybridized carbons (Fsp3) is 0.211. The van der Waals surface area contributed by atoms with Crippen LogP contribution in [0.5, 0.6) is 0 Å². The molecule has 1 heterocycles. The summed E-state index contributed by atoms with van der Waals surface area (Å²) in [6, 6.07) is 19.0. The summed E-state index contributed by atoms with van der Waals surface area (Å²) < 4.78 is 1.59. The molecule has 0 saturated carbocycles. The number of rotatable bonds is 7. The average Bonchev–Trinajstić information content (AvgIpc) is 3.15. The van der Waals surface area contributed by atoms with Gasteiger partial charge in [-0.3, -0.25) is 4.79 Å². The van der Waals surface area contributed by atoms with Crippen LogP contribution in [0.3, 0.4) is 0 Å². The van der Waals surface area contributed by atoms with E-state index in [2.05, 4.69) is 15.6 Å². The van der Waals surface area contributed by atoms with Gasteiger partial charge in [0.05, 0.1) is 6.20 Å². The predicted octanol–water partition coefficient (Wildman–Crippen LogP) is 3.43. The molecule has 3 aromatic rings. The van der Waals surface area contributed by atoms with E-state index in [-0.39, 0.29) is 5.91 Å². The molecule has 5 nitrogen and oxygen atoms in total. The summed E-state index contributed by atoms with van der Waals surface area (Å²) in [5, 5.41) is 11.3. The van der Waals surface area contributed by atoms with Crippen LogP contribution in [0.2, 0.25) is 0 Å². The van der Waals surface area contributed by atoms with Gasteiger partial charge < -0.3 is 5.32 Å². The maximum absolute atomic E-state index is 12.6. The highest BCUT2D eigenvalue weighted by atomic mass is 35.5. The minimum absolute atomic E-state index is 0.117. The number of hydrogen-bond donors (Lipinski definition) is 1. The summed E-state index contributed by atoms with van der Waals surface area (Å²) in [6.45, 7) is 0.471. The molecule has 3 rings (SSSR count). The van der Waals surface area contributed by atoms with Crippen molar-refractivity contribution >= 4 is 17.5 Å². The molecule has 128 valence electrons. The highest BCUT2D eigenvalue weighted by Crippen LogP contribution is 2.19. The molecule has 0 radical (unpaired) electrons. The molecule has 1 aromatic heterocycles. The molecule has 25 heavy (non-hydrogen) atoms. The molecule has 1 atom stereocenters. The van der Waals surface area contributed by atoms with E-state index in [0.29, 0.717) is 18.8 Å². The zero-order valence-corrected chi connectivity index (χ0v) is 14.4. The lowest BCUT2D eigenvalue weighted by molar-refractivity contribution is -0.124. The molecule has 0 aliphatic heterocycles. The zero-order chi connectivity index (χ0) is 17.5. The van der Waals surface area contributed by atoms with Crippen LogP contribution < -0.4 is 5.32 Å². The van der Waals surface area contributed by atoms with Gasteiger partial charge in [-0.1, -0.05) is 65.9 Å². The van der Waals surface area contributed by atoms with Crippen LogP contribution in [-0.4, -0.2) is 26.8 Å². The molecule has 1 unspecified atom stereocenters. The van der Waals surface area contributed by atoms with Gasteiger partial charge in [0.2, 0.25) is 5.91 Å². The Morgan fingerprint density at radius 3 is 2.44 bits per heavy atom. The number of alkyl halides is 1. The molecule has 2 aromatic carbocycles. The SMILES string of the molecule is O=C(NCc1ccccc1)C(CCCl)n1cc(-c2ccccc2)nn1. The Labute approximate surface area is 151 Å². The summed E-state index contributed by atoms with van der Waals surface area (Å²) in [7, 11) is 0. The Hall–Kier alpha value is -2.66. The third-order valence-electron chi connectivity index (χ3n) is 3.89. The maximum atomic E-state index is 12.6. The van der Waals surface area contributed by atoms with Crippen molar-refractivity contribution in [2.75, 3.05) is 5.88 Å². The minimum Gasteiger partial charge on any atom is -0.350 e. The Morgan fingerprint density at radius 1 is 1.08 bits per heavy atom. The van der Waals surface area contributed by atoms with Crippen molar-refractivity contribution < 1.29 is 4.79 Å². The summed E-state index contributed by atoms with van der Waals surface area (Å²) in [6.07, 6.45) is 2.27. The number of nitrogens with zero attached hydrogens (tertiary/aromatic N) is 3.